The Kier molecular flexibility index (Phi) is 49.6. The van der Waals surface area contributed by atoms with Gasteiger partial charge in [-0.15, -0.1) is 44.6 Å². The third kappa shape index (κ3) is 37.9. The number of ether oxygens (including phenoxy) is 12. The van der Waals surface area contributed by atoms with Gasteiger partial charge in [0.05, 0.1) is 159 Å². The van der Waals surface area contributed by atoms with E-state index in [2.05, 4.69) is 137 Å². The van der Waals surface area contributed by atoms with E-state index < -0.39 is 51.7 Å². The Morgan fingerprint density at radius 3 is 0.500 bits per heavy atom. The molecule has 72 heavy (non-hydrogen) atoms. The first kappa shape index (κ1) is 80.2. The number of aryl methyl sites for hydroxylation is 1. The molecule has 3 rings (SSSR count). The van der Waals surface area contributed by atoms with Gasteiger partial charge in [0.15, 0.2) is 0 Å². The van der Waals surface area contributed by atoms with Crippen LogP contribution in [0.3, 0.4) is 0 Å². The minimum Gasteiger partial charge on any atom is -0.377 e. The van der Waals surface area contributed by atoms with Gasteiger partial charge in [-0.1, -0.05) is 154 Å². The zero-order valence-corrected chi connectivity index (χ0v) is 66.0. The van der Waals surface area contributed by atoms with Crippen molar-refractivity contribution in [1.82, 2.24) is 0 Å². The van der Waals surface area contributed by atoms with Crippen molar-refractivity contribution in [2.45, 2.75) is 125 Å². The second-order valence-electron chi connectivity index (χ2n) is 23.6. The molecule has 0 bridgehead atoms. The van der Waals surface area contributed by atoms with E-state index in [1.165, 1.54) is 5.56 Å². The molecule has 0 saturated carbocycles. The van der Waals surface area contributed by atoms with Crippen LogP contribution in [-0.4, -0.2) is 225 Å². The van der Waals surface area contributed by atoms with Crippen LogP contribution < -0.4 is 103 Å². The van der Waals surface area contributed by atoms with Crippen LogP contribution in [0.5, 0.6) is 0 Å². The summed E-state index contributed by atoms with van der Waals surface area (Å²) >= 11 is 0. The predicted octanol–water partition coefficient (Wildman–Crippen LogP) is 3.28. The first-order chi connectivity index (χ1) is 32.6. The Labute approximate surface area is 537 Å². The summed E-state index contributed by atoms with van der Waals surface area (Å²) in [5, 5.41) is 0. The maximum absolute atomic E-state index is 5.33. The van der Waals surface area contributed by atoms with Crippen molar-refractivity contribution < 1.29 is 160 Å². The van der Waals surface area contributed by atoms with Gasteiger partial charge in [-0.05, 0) is 14.0 Å². The van der Waals surface area contributed by atoms with Gasteiger partial charge in [0.1, 0.15) is 0 Å². The van der Waals surface area contributed by atoms with Gasteiger partial charge >= 0.3 is 103 Å². The molecule has 0 N–H and O–H groups in total. The van der Waals surface area contributed by atoms with E-state index in [4.69, 9.17) is 56.8 Å². The number of benzene rings is 1. The molecule has 2 aliphatic rings. The van der Waals surface area contributed by atoms with Gasteiger partial charge in [0.2, 0.25) is 0 Å². The third-order valence-electron chi connectivity index (χ3n) is 12.8. The largest absolute Gasteiger partial charge is 1.00 e. The number of hydrogen-bond acceptors (Lipinski definition) is 12. The molecule has 2 fully saturated rings. The third-order valence-corrected chi connectivity index (χ3v) is 189. The van der Waals surface area contributed by atoms with Crippen molar-refractivity contribution in [3.05, 3.63) is 35.9 Å². The summed E-state index contributed by atoms with van der Waals surface area (Å²) < 4.78 is 63.9. The van der Waals surface area contributed by atoms with E-state index in [1.54, 1.807) is 0 Å². The summed E-state index contributed by atoms with van der Waals surface area (Å²) in [5.74, 6) is 0. The molecule has 2 aliphatic heterocycles. The number of rotatable bonds is 8. The molecular formula is C49H110K2O12Si9. The first-order valence-electron chi connectivity index (χ1n) is 26.3. The summed E-state index contributed by atoms with van der Waals surface area (Å²) in [6, 6.07) is 10.3. The van der Waals surface area contributed by atoms with Gasteiger partial charge < -0.3 is 56.8 Å². The SMILES string of the molecule is C1COCCOCCOCCOCCOCCO1.C1COCCOCCOCCOCCOCCO1.C[Si](C)(C)[Si-]([Si](C)(C)C)[Si](C)(C)[Si](C)(C)[Si](C)(C)[Si-]([Si](C)(C)C)[Si](C)(C)C.Cc1ccccc1.[K+].[K+]. The van der Waals surface area contributed by atoms with E-state index in [0.717, 1.165) is 0 Å². The quantitative estimate of drug-likeness (QED) is 0.357. The molecule has 1 aromatic rings. The summed E-state index contributed by atoms with van der Waals surface area (Å²) in [7, 11) is -8.13. The summed E-state index contributed by atoms with van der Waals surface area (Å²) in [4.78, 5) is 0. The molecule has 0 unspecified atom stereocenters. The maximum Gasteiger partial charge on any atom is 1.00 e. The van der Waals surface area contributed by atoms with E-state index in [1.807, 2.05) is 18.2 Å². The van der Waals surface area contributed by atoms with Crippen LogP contribution in [0.15, 0.2) is 30.3 Å². The molecule has 23 heteroatoms. The molecule has 12 nitrogen and oxygen atoms in total. The molecule has 0 amide bonds. The van der Waals surface area contributed by atoms with E-state index in [9.17, 15) is 0 Å². The zero-order chi connectivity index (χ0) is 53.2. The fraction of sp³-hybridized carbons (Fsp3) is 0.878. The predicted molar refractivity (Wildman–Crippen MR) is 318 cm³/mol. The smallest absolute Gasteiger partial charge is 0.377 e. The second-order valence-corrected chi connectivity index (χ2v) is 116. The van der Waals surface area contributed by atoms with E-state index >= 15 is 0 Å². The van der Waals surface area contributed by atoms with Crippen LogP contribution >= 0.6 is 0 Å². The number of hydrogen-bond donors (Lipinski definition) is 0. The molecule has 1 aromatic carbocycles. The zero-order valence-electron chi connectivity index (χ0n) is 50.8. The van der Waals surface area contributed by atoms with Gasteiger partial charge in [0, 0.05) is 0 Å². The fourth-order valence-electron chi connectivity index (χ4n) is 10.6. The average molecular weight is 1220 g/mol. The molecular weight excluding hydrogens is 1110 g/mol. The van der Waals surface area contributed by atoms with Crippen molar-refractivity contribution in [3.63, 3.8) is 0 Å². The molecule has 0 atom stereocenters. The van der Waals surface area contributed by atoms with Crippen molar-refractivity contribution in [3.8, 4) is 0 Å². The maximum atomic E-state index is 5.33. The Morgan fingerprint density at radius 2 is 0.403 bits per heavy atom. The molecule has 0 spiro atoms. The van der Waals surface area contributed by atoms with Crippen LogP contribution in [0.4, 0.5) is 0 Å². The monoisotopic (exact) mass is 1220 g/mol. The van der Waals surface area contributed by atoms with Crippen LogP contribution in [0.25, 0.3) is 0 Å². The molecule has 2 saturated heterocycles. The normalized spacial score (nSPS) is 19.0. The van der Waals surface area contributed by atoms with Crippen LogP contribution in [0.1, 0.15) is 5.56 Å². The standard InChI is InChI=1S/C18H54Si9.2C12H24O6.C7H8.2K/c1-21(2,3)19(22(4,5)6)25(13,14)27(17,18)26(15,16)20(23(7,8)9)24(10,11)12;2*1-2-14-5-6-16-9-10-18-12-11-17-8-7-15-4-3-13-1;1-7-5-3-2-4-6-7;;/h1-18H3;2*1-12H2;2-6H,1H3;;/q-2;;;;2*+1. The summed E-state index contributed by atoms with van der Waals surface area (Å²) in [6.07, 6.45) is 0. The van der Waals surface area contributed by atoms with Gasteiger partial charge in [-0.3, -0.25) is 14.7 Å². The summed E-state index contributed by atoms with van der Waals surface area (Å²) in [5.41, 5.74) is 1.32. The Morgan fingerprint density at radius 1 is 0.264 bits per heavy atom. The Balaban J connectivity index is -0.000000933. The van der Waals surface area contributed by atoms with Crippen LogP contribution in [0, 0.1) is 6.92 Å². The molecule has 0 aromatic heterocycles. The van der Waals surface area contributed by atoms with Gasteiger partial charge in [-0.2, -0.15) is 0 Å². The second kappa shape index (κ2) is 44.5. The Bertz CT molecular complexity index is 1130. The van der Waals surface area contributed by atoms with Crippen molar-refractivity contribution in [2.75, 3.05) is 159 Å². The van der Waals surface area contributed by atoms with E-state index in [-0.39, 0.29) is 117 Å². The fourth-order valence-corrected chi connectivity index (χ4v) is 318. The molecule has 2 heterocycles. The Hall–Kier alpha value is 3.96. The summed E-state index contributed by atoms with van der Waals surface area (Å²) in [6.45, 7) is 67.0. The van der Waals surface area contributed by atoms with Crippen LogP contribution in [0.2, 0.25) is 118 Å². The van der Waals surface area contributed by atoms with Crippen molar-refractivity contribution in [1.29, 1.82) is 0 Å². The molecule has 0 aliphatic carbocycles. The minimum absolute atomic E-state index is 0. The van der Waals surface area contributed by atoms with Gasteiger partial charge in [0.25, 0.3) is 0 Å². The van der Waals surface area contributed by atoms with E-state index in [0.29, 0.717) is 159 Å². The van der Waals surface area contributed by atoms with Gasteiger partial charge in [-0.25, -0.2) is 0 Å². The minimum atomic E-state index is -1.22. The molecule has 0 radical (unpaired) electrons. The van der Waals surface area contributed by atoms with Crippen LogP contribution in [-0.2, 0) is 56.8 Å². The first-order valence-corrected chi connectivity index (χ1v) is 60.3. The topological polar surface area (TPSA) is 111 Å². The molecule has 416 valence electrons. The van der Waals surface area contributed by atoms with Crippen molar-refractivity contribution >= 4 is 66.4 Å². The van der Waals surface area contributed by atoms with Crippen molar-refractivity contribution in [2.24, 2.45) is 0 Å². The average Bonchev–Trinajstić information content (AvgIpc) is 3.22.